The minimum absolute atomic E-state index is 0.213. The Labute approximate surface area is 155 Å². The van der Waals surface area contributed by atoms with E-state index in [-0.39, 0.29) is 5.41 Å². The Bertz CT molecular complexity index is 815. The summed E-state index contributed by atoms with van der Waals surface area (Å²) in [4.78, 5) is 6.76. The van der Waals surface area contributed by atoms with E-state index >= 15 is 0 Å². The fourth-order valence-corrected chi connectivity index (χ4v) is 4.77. The van der Waals surface area contributed by atoms with Crippen molar-refractivity contribution in [2.75, 3.05) is 19.6 Å². The third-order valence-corrected chi connectivity index (χ3v) is 6.30. The molecule has 1 saturated heterocycles. The lowest BCUT2D eigenvalue weighted by molar-refractivity contribution is 0.138. The van der Waals surface area contributed by atoms with Crippen LogP contribution in [0.15, 0.2) is 85.2 Å². The van der Waals surface area contributed by atoms with E-state index in [4.69, 9.17) is 0 Å². The van der Waals surface area contributed by atoms with Gasteiger partial charge in [0.25, 0.3) is 0 Å². The number of nitrogens with zero attached hydrogens (tertiary/aromatic N) is 2. The number of aromatic nitrogens is 1. The van der Waals surface area contributed by atoms with Crippen LogP contribution in [0.1, 0.15) is 29.0 Å². The van der Waals surface area contributed by atoms with Gasteiger partial charge in [-0.1, -0.05) is 60.7 Å². The Balaban J connectivity index is 1.32. The van der Waals surface area contributed by atoms with E-state index in [2.05, 4.69) is 82.7 Å². The van der Waals surface area contributed by atoms with Crippen molar-refractivity contribution in [1.29, 1.82) is 0 Å². The van der Waals surface area contributed by atoms with Crippen LogP contribution in [0.2, 0.25) is 0 Å². The predicted molar refractivity (Wildman–Crippen MR) is 105 cm³/mol. The lowest BCUT2D eigenvalue weighted by Crippen LogP contribution is -2.46. The first-order valence-electron chi connectivity index (χ1n) is 9.59. The topological polar surface area (TPSA) is 16.1 Å². The van der Waals surface area contributed by atoms with Crippen molar-refractivity contribution in [2.24, 2.45) is 5.92 Å². The zero-order valence-electron chi connectivity index (χ0n) is 15.0. The molecule has 5 rings (SSSR count). The van der Waals surface area contributed by atoms with Crippen LogP contribution in [0.3, 0.4) is 0 Å². The summed E-state index contributed by atoms with van der Waals surface area (Å²) in [5.41, 5.74) is 4.60. The Hall–Kier alpha value is -2.45. The summed E-state index contributed by atoms with van der Waals surface area (Å²) in [5, 5.41) is 0. The van der Waals surface area contributed by atoms with Crippen LogP contribution in [0, 0.1) is 5.92 Å². The number of likely N-dealkylation sites (tertiary alicyclic amines) is 1. The molecule has 2 heteroatoms. The average Bonchev–Trinajstić information content (AvgIpc) is 3.42. The van der Waals surface area contributed by atoms with E-state index in [1.54, 1.807) is 0 Å². The van der Waals surface area contributed by atoms with Gasteiger partial charge >= 0.3 is 0 Å². The molecule has 2 aromatic carbocycles. The summed E-state index contributed by atoms with van der Waals surface area (Å²) in [5.74, 6) is 1.39. The molecule has 1 saturated carbocycles. The minimum Gasteiger partial charge on any atom is -0.302 e. The van der Waals surface area contributed by atoms with Gasteiger partial charge in [-0.05, 0) is 41.2 Å². The lowest BCUT2D eigenvalue weighted by atomic mass is 9.85. The van der Waals surface area contributed by atoms with Crippen molar-refractivity contribution in [3.05, 3.63) is 102 Å². The van der Waals surface area contributed by atoms with E-state index in [1.165, 1.54) is 42.7 Å². The highest BCUT2D eigenvalue weighted by Gasteiger charge is 2.56. The van der Waals surface area contributed by atoms with Gasteiger partial charge in [0.05, 0.1) is 0 Å². The molecule has 1 aliphatic heterocycles. The van der Waals surface area contributed by atoms with Crippen molar-refractivity contribution >= 4 is 0 Å². The van der Waals surface area contributed by atoms with Gasteiger partial charge in [0.15, 0.2) is 0 Å². The van der Waals surface area contributed by atoms with Crippen molar-refractivity contribution in [2.45, 2.75) is 17.8 Å². The molecule has 0 spiro atoms. The van der Waals surface area contributed by atoms with Gasteiger partial charge in [0, 0.05) is 43.4 Å². The highest BCUT2D eigenvalue weighted by Crippen LogP contribution is 2.59. The molecule has 130 valence electrons. The third kappa shape index (κ3) is 2.65. The normalized spacial score (nSPS) is 21.9. The molecule has 26 heavy (non-hydrogen) atoms. The fourth-order valence-electron chi connectivity index (χ4n) is 4.77. The van der Waals surface area contributed by atoms with Gasteiger partial charge in [-0.25, -0.2) is 0 Å². The summed E-state index contributed by atoms with van der Waals surface area (Å²) in [6.45, 7) is 3.56. The molecule has 3 aromatic rings. The van der Waals surface area contributed by atoms with Crippen molar-refractivity contribution in [1.82, 2.24) is 9.88 Å². The molecule has 2 nitrogen and oxygen atoms in total. The molecule has 1 aliphatic carbocycles. The van der Waals surface area contributed by atoms with E-state index < -0.39 is 0 Å². The summed E-state index contributed by atoms with van der Waals surface area (Å²) in [7, 11) is 0. The van der Waals surface area contributed by atoms with E-state index in [0.29, 0.717) is 11.8 Å². The molecule has 0 amide bonds. The highest BCUT2D eigenvalue weighted by molar-refractivity contribution is 5.47. The Morgan fingerprint density at radius 3 is 1.96 bits per heavy atom. The second-order valence-corrected chi connectivity index (χ2v) is 7.80. The summed E-state index contributed by atoms with van der Waals surface area (Å²) in [6, 6.07) is 26.5. The van der Waals surface area contributed by atoms with Crippen LogP contribution in [0.25, 0.3) is 0 Å². The summed E-state index contributed by atoms with van der Waals surface area (Å²) >= 11 is 0. The fraction of sp³-hybridized carbons (Fsp3) is 0.292. The van der Waals surface area contributed by atoms with Gasteiger partial charge < -0.3 is 4.90 Å². The molecule has 2 fully saturated rings. The first-order valence-corrected chi connectivity index (χ1v) is 9.59. The Morgan fingerprint density at radius 1 is 0.808 bits per heavy atom. The van der Waals surface area contributed by atoms with Crippen LogP contribution in [0.4, 0.5) is 0 Å². The van der Waals surface area contributed by atoms with Crippen LogP contribution in [-0.4, -0.2) is 29.5 Å². The van der Waals surface area contributed by atoms with E-state index in [1.807, 2.05) is 12.4 Å². The number of pyridine rings is 1. The monoisotopic (exact) mass is 340 g/mol. The number of hydrogen-bond acceptors (Lipinski definition) is 2. The molecule has 2 heterocycles. The van der Waals surface area contributed by atoms with Gasteiger partial charge in [-0.2, -0.15) is 0 Å². The maximum atomic E-state index is 4.14. The Morgan fingerprint density at radius 2 is 1.38 bits per heavy atom. The van der Waals surface area contributed by atoms with Crippen LogP contribution >= 0.6 is 0 Å². The molecule has 2 aliphatic rings. The molecule has 1 atom stereocenters. The largest absolute Gasteiger partial charge is 0.302 e. The highest BCUT2D eigenvalue weighted by atomic mass is 15.2. The third-order valence-electron chi connectivity index (χ3n) is 6.30. The number of benzene rings is 2. The molecule has 0 N–H and O–H groups in total. The summed E-state index contributed by atoms with van der Waals surface area (Å²) < 4.78 is 0. The van der Waals surface area contributed by atoms with Crippen LogP contribution in [-0.2, 0) is 5.41 Å². The van der Waals surface area contributed by atoms with Gasteiger partial charge in [0.1, 0.15) is 0 Å². The first kappa shape index (κ1) is 15.8. The second-order valence-electron chi connectivity index (χ2n) is 7.80. The zero-order chi connectivity index (χ0) is 17.4. The van der Waals surface area contributed by atoms with Gasteiger partial charge in [0.2, 0.25) is 0 Å². The van der Waals surface area contributed by atoms with E-state index in [0.717, 1.165) is 0 Å². The molecule has 0 bridgehead atoms. The SMILES string of the molecule is c1ccc(C2(c3ccccc3)C[C@@H]2CN2CC(c3ccncc3)C2)cc1. The Kier molecular flexibility index (Phi) is 3.86. The quantitative estimate of drug-likeness (QED) is 0.680. The standard InChI is InChI=1S/C24H24N2/c1-3-7-21(8-4-1)24(22-9-5-2-6-10-22)15-23(24)18-26-16-20(17-26)19-11-13-25-14-12-19/h1-14,20,23H,15-18H2/t23-/m1/s1. The van der Waals surface area contributed by atoms with Gasteiger partial charge in [-0.15, -0.1) is 0 Å². The molecular formula is C24H24N2. The predicted octanol–water partition coefficient (Wildman–Crippen LogP) is 4.49. The second kappa shape index (κ2) is 6.37. The van der Waals surface area contributed by atoms with Crippen LogP contribution < -0.4 is 0 Å². The van der Waals surface area contributed by atoms with Crippen molar-refractivity contribution in [3.63, 3.8) is 0 Å². The number of hydrogen-bond donors (Lipinski definition) is 0. The lowest BCUT2D eigenvalue weighted by Gasteiger charge is -2.40. The van der Waals surface area contributed by atoms with Crippen molar-refractivity contribution < 1.29 is 0 Å². The minimum atomic E-state index is 0.213. The van der Waals surface area contributed by atoms with E-state index in [9.17, 15) is 0 Å². The molecule has 0 unspecified atom stereocenters. The molecule has 1 aromatic heterocycles. The first-order chi connectivity index (χ1) is 12.9. The maximum Gasteiger partial charge on any atom is 0.0270 e. The van der Waals surface area contributed by atoms with Gasteiger partial charge in [-0.3, -0.25) is 4.98 Å². The summed E-state index contributed by atoms with van der Waals surface area (Å²) in [6.07, 6.45) is 5.08. The molecule has 0 radical (unpaired) electrons. The average molecular weight is 340 g/mol. The number of rotatable bonds is 5. The van der Waals surface area contributed by atoms with Crippen molar-refractivity contribution in [3.8, 4) is 0 Å². The zero-order valence-corrected chi connectivity index (χ0v) is 15.0. The smallest absolute Gasteiger partial charge is 0.0270 e. The van der Waals surface area contributed by atoms with Crippen LogP contribution in [0.5, 0.6) is 0 Å². The molecular weight excluding hydrogens is 316 g/mol. The maximum absolute atomic E-state index is 4.14.